The summed E-state index contributed by atoms with van der Waals surface area (Å²) in [4.78, 5) is 31.3. The summed E-state index contributed by atoms with van der Waals surface area (Å²) < 4.78 is 46.0. The lowest BCUT2D eigenvalue weighted by Crippen LogP contribution is -2.34. The maximum absolute atomic E-state index is 13.6. The summed E-state index contributed by atoms with van der Waals surface area (Å²) >= 11 is 1.21. The lowest BCUT2D eigenvalue weighted by atomic mass is 9.65. The maximum Gasteiger partial charge on any atom is 0.392 e. The summed E-state index contributed by atoms with van der Waals surface area (Å²) in [5.41, 5.74) is 2.01. The van der Waals surface area contributed by atoms with Crippen LogP contribution in [0.15, 0.2) is 15.7 Å². The quantitative estimate of drug-likeness (QED) is 0.544. The van der Waals surface area contributed by atoms with Gasteiger partial charge in [-0.05, 0) is 75.2 Å². The predicted octanol–water partition coefficient (Wildman–Crippen LogP) is 5.66. The van der Waals surface area contributed by atoms with Gasteiger partial charge in [-0.2, -0.15) is 18.2 Å². The van der Waals surface area contributed by atoms with Crippen LogP contribution in [0, 0.1) is 17.8 Å². The van der Waals surface area contributed by atoms with Crippen molar-refractivity contribution in [2.24, 2.45) is 17.8 Å². The second kappa shape index (κ2) is 8.28. The van der Waals surface area contributed by atoms with Gasteiger partial charge in [0.25, 0.3) is 5.89 Å². The molecular weight excluding hydrogens is 481 g/mol. The van der Waals surface area contributed by atoms with Crippen molar-refractivity contribution in [1.29, 1.82) is 0 Å². The number of carbonyl (C=O) groups is 2. The van der Waals surface area contributed by atoms with Gasteiger partial charge in [-0.3, -0.25) is 4.79 Å². The van der Waals surface area contributed by atoms with Crippen molar-refractivity contribution < 1.29 is 32.4 Å². The van der Waals surface area contributed by atoms with E-state index in [0.29, 0.717) is 26.7 Å². The molecular formula is C25H25F3N2O4S. The molecule has 0 amide bonds. The first-order valence-corrected chi connectivity index (χ1v) is 13.1. The van der Waals surface area contributed by atoms with Gasteiger partial charge in [0.05, 0.1) is 11.5 Å². The van der Waals surface area contributed by atoms with Crippen LogP contribution in [0.5, 0.6) is 0 Å². The number of ketones is 1. The Balaban J connectivity index is 1.39. The van der Waals surface area contributed by atoms with E-state index in [4.69, 9.17) is 4.52 Å². The highest BCUT2D eigenvalue weighted by Crippen LogP contribution is 2.49. The van der Waals surface area contributed by atoms with Crippen LogP contribution in [0.1, 0.15) is 72.0 Å². The molecule has 2 saturated carbocycles. The normalized spacial score (nSPS) is 26.2. The molecule has 0 radical (unpaired) electrons. The summed E-state index contributed by atoms with van der Waals surface area (Å²) in [5, 5.41) is 13.9. The Kier molecular flexibility index (Phi) is 5.43. The molecule has 2 fully saturated rings. The zero-order valence-electron chi connectivity index (χ0n) is 19.0. The van der Waals surface area contributed by atoms with Crippen LogP contribution in [0.3, 0.4) is 0 Å². The Morgan fingerprint density at radius 2 is 1.66 bits per heavy atom. The van der Waals surface area contributed by atoms with Crippen LogP contribution < -0.4 is 0 Å². The summed E-state index contributed by atoms with van der Waals surface area (Å²) in [5.74, 6) is -1.74. The second-order valence-electron chi connectivity index (χ2n) is 10.3. The number of aromatic nitrogens is 2. The number of hydrogen-bond donors (Lipinski definition) is 1. The van der Waals surface area contributed by atoms with E-state index in [-0.39, 0.29) is 60.7 Å². The second-order valence-corrected chi connectivity index (χ2v) is 11.5. The van der Waals surface area contributed by atoms with Crippen LogP contribution in [-0.2, 0) is 28.9 Å². The minimum absolute atomic E-state index is 0.0185. The molecule has 0 aromatic carbocycles. The molecule has 1 atom stereocenters. The number of aliphatic carboxylic acids is 1. The van der Waals surface area contributed by atoms with Crippen LogP contribution in [-0.4, -0.2) is 33.2 Å². The van der Waals surface area contributed by atoms with Crippen molar-refractivity contribution in [2.45, 2.75) is 76.3 Å². The molecule has 35 heavy (non-hydrogen) atoms. The van der Waals surface area contributed by atoms with Crippen molar-refractivity contribution in [3.63, 3.8) is 0 Å². The van der Waals surface area contributed by atoms with Gasteiger partial charge in [-0.1, -0.05) is 5.16 Å². The topological polar surface area (TPSA) is 93.3 Å². The highest BCUT2D eigenvalue weighted by molar-refractivity contribution is 7.12. The monoisotopic (exact) mass is 506 g/mol. The summed E-state index contributed by atoms with van der Waals surface area (Å²) in [6, 6.07) is 0. The van der Waals surface area contributed by atoms with E-state index < -0.39 is 18.1 Å². The number of carboxylic acid groups (broad SMARTS) is 1. The van der Waals surface area contributed by atoms with E-state index >= 15 is 0 Å². The summed E-state index contributed by atoms with van der Waals surface area (Å²) in [6.45, 7) is 0. The highest BCUT2D eigenvalue weighted by Gasteiger charge is 2.44. The molecule has 0 spiro atoms. The third-order valence-corrected chi connectivity index (χ3v) is 9.34. The molecule has 1 N–H and O–H groups in total. The van der Waals surface area contributed by atoms with Crippen LogP contribution >= 0.6 is 11.3 Å². The van der Waals surface area contributed by atoms with E-state index in [1.807, 2.05) is 0 Å². The summed E-state index contributed by atoms with van der Waals surface area (Å²) in [7, 11) is 0. The number of alkyl halides is 3. The largest absolute Gasteiger partial charge is 0.478 e. The molecule has 0 aliphatic heterocycles. The number of thiophene rings is 1. The standard InChI is InChI=1S/C25H25F3N2O4S/c26-25(27,28)14-7-8-15-17(9-14)35-18(21(15)23-29-22(30-34-23)13-5-6-13)10-16(31)19-11-1-3-12(4-2-11)20(19)24(32)33/h11-14H,1-10H2,(H,32,33). The van der Waals surface area contributed by atoms with E-state index in [9.17, 15) is 27.9 Å². The fourth-order valence-corrected chi connectivity index (χ4v) is 7.58. The molecule has 2 aromatic heterocycles. The Bertz CT molecular complexity index is 1230. The third-order valence-electron chi connectivity index (χ3n) is 8.08. The van der Waals surface area contributed by atoms with Gasteiger partial charge in [-0.25, -0.2) is 4.79 Å². The van der Waals surface area contributed by atoms with Crippen LogP contribution in [0.2, 0.25) is 0 Å². The average molecular weight is 507 g/mol. The number of halogens is 3. The van der Waals surface area contributed by atoms with Gasteiger partial charge >= 0.3 is 12.1 Å². The highest BCUT2D eigenvalue weighted by atomic mass is 32.1. The Labute approximate surface area is 203 Å². The van der Waals surface area contributed by atoms with Crippen LogP contribution in [0.25, 0.3) is 11.5 Å². The van der Waals surface area contributed by atoms with Crippen molar-refractivity contribution in [1.82, 2.24) is 10.1 Å². The van der Waals surface area contributed by atoms with E-state index in [1.165, 1.54) is 11.3 Å². The maximum atomic E-state index is 13.6. The number of carbonyl (C=O) groups excluding carboxylic acids is 1. The van der Waals surface area contributed by atoms with Crippen molar-refractivity contribution in [3.8, 4) is 11.5 Å². The average Bonchev–Trinajstić information content (AvgIpc) is 3.45. The molecule has 7 rings (SSSR count). The number of hydrogen-bond acceptors (Lipinski definition) is 6. The lowest BCUT2D eigenvalue weighted by molar-refractivity contribution is -0.176. The van der Waals surface area contributed by atoms with Gasteiger partial charge in [-0.15, -0.1) is 11.3 Å². The van der Waals surface area contributed by atoms with Gasteiger partial charge in [0.2, 0.25) is 0 Å². The van der Waals surface area contributed by atoms with E-state index in [2.05, 4.69) is 10.1 Å². The molecule has 0 saturated heterocycles. The van der Waals surface area contributed by atoms with Crippen molar-refractivity contribution >= 4 is 23.1 Å². The minimum Gasteiger partial charge on any atom is -0.478 e. The number of nitrogens with zero attached hydrogens (tertiary/aromatic N) is 2. The van der Waals surface area contributed by atoms with E-state index in [1.54, 1.807) is 0 Å². The first kappa shape index (κ1) is 22.9. The summed E-state index contributed by atoms with van der Waals surface area (Å²) in [6.07, 6.45) is 0.896. The Hall–Kier alpha value is -2.49. The molecule has 5 aliphatic rings. The number of allylic oxidation sites excluding steroid dienone is 1. The number of Topliss-reactive ketones (excluding diaryl/α,β-unsaturated/α-hetero) is 1. The predicted molar refractivity (Wildman–Crippen MR) is 120 cm³/mol. The fraction of sp³-hybridized carbons (Fsp3) is 0.600. The molecule has 6 nitrogen and oxygen atoms in total. The number of carboxylic acids is 1. The molecule has 186 valence electrons. The smallest absolute Gasteiger partial charge is 0.392 e. The SMILES string of the molecule is O=C(O)C1=C(C(=O)Cc2sc3c(c2-c2nc(C4CC4)no2)CCC(C(F)(F)F)C3)C2CCC1CC2. The Morgan fingerprint density at radius 1 is 1.00 bits per heavy atom. The zero-order chi connectivity index (χ0) is 24.5. The number of fused-ring (bicyclic) bond motifs is 3. The Morgan fingerprint density at radius 3 is 2.29 bits per heavy atom. The van der Waals surface area contributed by atoms with Gasteiger partial charge in [0.15, 0.2) is 11.6 Å². The van der Waals surface area contributed by atoms with Crippen LogP contribution in [0.4, 0.5) is 13.2 Å². The molecule has 2 aromatic rings. The molecule has 2 heterocycles. The van der Waals surface area contributed by atoms with Crippen molar-refractivity contribution in [3.05, 3.63) is 32.3 Å². The molecule has 10 heteroatoms. The first-order valence-electron chi connectivity index (χ1n) is 12.2. The van der Waals surface area contributed by atoms with E-state index in [0.717, 1.165) is 44.1 Å². The third kappa shape index (κ3) is 4.03. The molecule has 2 bridgehead atoms. The van der Waals surface area contributed by atoms with Gasteiger partial charge in [0, 0.05) is 33.2 Å². The number of rotatable bonds is 6. The zero-order valence-corrected chi connectivity index (χ0v) is 19.8. The first-order chi connectivity index (χ1) is 16.7. The van der Waals surface area contributed by atoms with Gasteiger partial charge in [0.1, 0.15) is 0 Å². The molecule has 1 unspecified atom stereocenters. The van der Waals surface area contributed by atoms with Gasteiger partial charge < -0.3 is 9.63 Å². The molecule has 5 aliphatic carbocycles. The fourth-order valence-electron chi connectivity index (χ4n) is 6.16. The minimum atomic E-state index is -4.27. The lowest BCUT2D eigenvalue weighted by Gasteiger charge is -2.38. The van der Waals surface area contributed by atoms with Crippen molar-refractivity contribution in [2.75, 3.05) is 0 Å².